The van der Waals surface area contributed by atoms with Gasteiger partial charge in [0, 0.05) is 25.9 Å². The van der Waals surface area contributed by atoms with Crippen LogP contribution in [0.4, 0.5) is 11.5 Å². The Morgan fingerprint density at radius 2 is 1.96 bits per heavy atom. The second-order valence-electron chi connectivity index (χ2n) is 6.81. The van der Waals surface area contributed by atoms with Gasteiger partial charge in [-0.05, 0) is 44.4 Å². The fourth-order valence-corrected chi connectivity index (χ4v) is 3.36. The highest BCUT2D eigenvalue weighted by atomic mass is 16.6. The predicted molar refractivity (Wildman–Crippen MR) is 106 cm³/mol. The standard InChI is InChI=1S/C20H26N4O4/c1-13-17(20(26)28-11-10-27-3)14(2)22-18(13)19(25)23-15-6-7-16(21-12-15)24-8-4-5-9-24/h6-7,12,22H,4-5,8-11H2,1-3H3,(H,23,25). The number of carbonyl (C=O) groups excluding carboxylic acids is 2. The van der Waals surface area contributed by atoms with Crippen molar-refractivity contribution in [3.8, 4) is 0 Å². The van der Waals surface area contributed by atoms with Crippen LogP contribution in [0.5, 0.6) is 0 Å². The largest absolute Gasteiger partial charge is 0.460 e. The molecule has 0 aromatic carbocycles. The summed E-state index contributed by atoms with van der Waals surface area (Å²) in [4.78, 5) is 34.6. The number of pyridine rings is 1. The van der Waals surface area contributed by atoms with E-state index in [1.54, 1.807) is 20.0 Å². The number of aromatic nitrogens is 2. The third-order valence-corrected chi connectivity index (χ3v) is 4.83. The van der Waals surface area contributed by atoms with Gasteiger partial charge in [0.1, 0.15) is 18.1 Å². The van der Waals surface area contributed by atoms with Crippen molar-refractivity contribution in [1.29, 1.82) is 0 Å². The summed E-state index contributed by atoms with van der Waals surface area (Å²) in [5.74, 6) is 0.120. The molecule has 8 nitrogen and oxygen atoms in total. The summed E-state index contributed by atoms with van der Waals surface area (Å²) in [5.41, 5.74) is 2.46. The van der Waals surface area contributed by atoms with E-state index in [2.05, 4.69) is 20.2 Å². The third kappa shape index (κ3) is 4.33. The summed E-state index contributed by atoms with van der Waals surface area (Å²) >= 11 is 0. The molecule has 1 fully saturated rings. The van der Waals surface area contributed by atoms with Crippen molar-refractivity contribution >= 4 is 23.4 Å². The number of aryl methyl sites for hydroxylation is 1. The maximum absolute atomic E-state index is 12.7. The number of ether oxygens (including phenoxy) is 2. The SMILES string of the molecule is COCCOC(=O)c1c(C)[nH]c(C(=O)Nc2ccc(N3CCCC3)nc2)c1C. The molecule has 0 saturated carbocycles. The Kier molecular flexibility index (Phi) is 6.30. The van der Waals surface area contributed by atoms with E-state index in [1.807, 2.05) is 12.1 Å². The minimum absolute atomic E-state index is 0.163. The molecule has 1 amide bonds. The fraction of sp³-hybridized carbons (Fsp3) is 0.450. The lowest BCUT2D eigenvalue weighted by atomic mass is 10.1. The van der Waals surface area contributed by atoms with Gasteiger partial charge in [0.2, 0.25) is 0 Å². The molecule has 2 N–H and O–H groups in total. The molecular formula is C20H26N4O4. The molecule has 0 atom stereocenters. The Balaban J connectivity index is 1.68. The molecule has 0 aliphatic carbocycles. The van der Waals surface area contributed by atoms with Crippen LogP contribution in [-0.2, 0) is 9.47 Å². The van der Waals surface area contributed by atoms with Crippen LogP contribution in [0.1, 0.15) is 44.9 Å². The summed E-state index contributed by atoms with van der Waals surface area (Å²) in [6.07, 6.45) is 4.01. The van der Waals surface area contributed by atoms with Crippen molar-refractivity contribution in [2.75, 3.05) is 43.6 Å². The van der Waals surface area contributed by atoms with Crippen LogP contribution >= 0.6 is 0 Å². The Morgan fingerprint density at radius 1 is 1.21 bits per heavy atom. The topological polar surface area (TPSA) is 96.5 Å². The number of carbonyl (C=O) groups is 2. The van der Waals surface area contributed by atoms with E-state index in [0.29, 0.717) is 34.8 Å². The van der Waals surface area contributed by atoms with Crippen molar-refractivity contribution in [3.63, 3.8) is 0 Å². The summed E-state index contributed by atoms with van der Waals surface area (Å²) in [5, 5.41) is 2.83. The van der Waals surface area contributed by atoms with Crippen LogP contribution in [0, 0.1) is 13.8 Å². The van der Waals surface area contributed by atoms with Crippen LogP contribution in [0.2, 0.25) is 0 Å². The smallest absolute Gasteiger partial charge is 0.340 e. The molecule has 3 heterocycles. The molecule has 0 bridgehead atoms. The van der Waals surface area contributed by atoms with Gasteiger partial charge in [0.15, 0.2) is 0 Å². The van der Waals surface area contributed by atoms with E-state index >= 15 is 0 Å². The number of hydrogen-bond donors (Lipinski definition) is 2. The Bertz CT molecular complexity index is 839. The number of aromatic amines is 1. The van der Waals surface area contributed by atoms with Crippen molar-refractivity contribution in [2.45, 2.75) is 26.7 Å². The summed E-state index contributed by atoms with van der Waals surface area (Å²) < 4.78 is 10.1. The fourth-order valence-electron chi connectivity index (χ4n) is 3.36. The molecule has 2 aromatic heterocycles. The second kappa shape index (κ2) is 8.88. The van der Waals surface area contributed by atoms with Gasteiger partial charge in [-0.1, -0.05) is 0 Å². The number of anilines is 2. The molecule has 1 saturated heterocycles. The molecule has 8 heteroatoms. The van der Waals surface area contributed by atoms with Crippen LogP contribution in [-0.4, -0.2) is 55.3 Å². The number of amides is 1. The van der Waals surface area contributed by atoms with Gasteiger partial charge in [0.05, 0.1) is 24.1 Å². The van der Waals surface area contributed by atoms with Gasteiger partial charge in [-0.3, -0.25) is 4.79 Å². The average Bonchev–Trinajstić information content (AvgIpc) is 3.31. The number of esters is 1. The van der Waals surface area contributed by atoms with Gasteiger partial charge in [-0.25, -0.2) is 9.78 Å². The molecule has 0 radical (unpaired) electrons. The van der Waals surface area contributed by atoms with E-state index in [0.717, 1.165) is 18.9 Å². The Labute approximate surface area is 164 Å². The van der Waals surface area contributed by atoms with E-state index in [-0.39, 0.29) is 12.5 Å². The molecule has 2 aromatic rings. The van der Waals surface area contributed by atoms with Gasteiger partial charge in [0.25, 0.3) is 5.91 Å². The van der Waals surface area contributed by atoms with E-state index < -0.39 is 5.97 Å². The second-order valence-corrected chi connectivity index (χ2v) is 6.81. The first-order valence-electron chi connectivity index (χ1n) is 9.39. The third-order valence-electron chi connectivity index (χ3n) is 4.83. The monoisotopic (exact) mass is 386 g/mol. The molecule has 1 aliphatic heterocycles. The molecular weight excluding hydrogens is 360 g/mol. The minimum Gasteiger partial charge on any atom is -0.460 e. The Hall–Kier alpha value is -2.87. The zero-order valence-electron chi connectivity index (χ0n) is 16.5. The van der Waals surface area contributed by atoms with Crippen molar-refractivity contribution in [2.24, 2.45) is 0 Å². The first-order chi connectivity index (χ1) is 13.5. The van der Waals surface area contributed by atoms with Gasteiger partial charge in [-0.2, -0.15) is 0 Å². The number of nitrogens with zero attached hydrogens (tertiary/aromatic N) is 2. The Morgan fingerprint density at radius 3 is 2.61 bits per heavy atom. The van der Waals surface area contributed by atoms with Crippen LogP contribution in [0.3, 0.4) is 0 Å². The lowest BCUT2D eigenvalue weighted by Crippen LogP contribution is -2.19. The average molecular weight is 386 g/mol. The predicted octanol–water partition coefficient (Wildman–Crippen LogP) is 2.68. The normalized spacial score (nSPS) is 13.6. The molecule has 28 heavy (non-hydrogen) atoms. The molecule has 0 spiro atoms. The van der Waals surface area contributed by atoms with Crippen LogP contribution in [0.25, 0.3) is 0 Å². The maximum atomic E-state index is 12.7. The van der Waals surface area contributed by atoms with Gasteiger partial charge >= 0.3 is 5.97 Å². The summed E-state index contributed by atoms with van der Waals surface area (Å²) in [6, 6.07) is 3.75. The first kappa shape index (κ1) is 19.9. The van der Waals surface area contributed by atoms with Gasteiger partial charge in [-0.15, -0.1) is 0 Å². The van der Waals surface area contributed by atoms with E-state index in [4.69, 9.17) is 9.47 Å². The van der Waals surface area contributed by atoms with E-state index in [1.165, 1.54) is 20.0 Å². The molecule has 3 rings (SSSR count). The number of H-pyrrole nitrogens is 1. The van der Waals surface area contributed by atoms with Crippen LogP contribution < -0.4 is 10.2 Å². The van der Waals surface area contributed by atoms with Crippen molar-refractivity contribution in [3.05, 3.63) is 40.8 Å². The highest BCUT2D eigenvalue weighted by Gasteiger charge is 2.23. The number of rotatable bonds is 7. The molecule has 1 aliphatic rings. The summed E-state index contributed by atoms with van der Waals surface area (Å²) in [6.45, 7) is 5.98. The quantitative estimate of drug-likeness (QED) is 0.561. The summed E-state index contributed by atoms with van der Waals surface area (Å²) in [7, 11) is 1.54. The minimum atomic E-state index is -0.473. The lowest BCUT2D eigenvalue weighted by Gasteiger charge is -2.16. The van der Waals surface area contributed by atoms with Crippen LogP contribution in [0.15, 0.2) is 18.3 Å². The first-order valence-corrected chi connectivity index (χ1v) is 9.39. The number of hydrogen-bond acceptors (Lipinski definition) is 6. The maximum Gasteiger partial charge on any atom is 0.340 e. The molecule has 0 unspecified atom stereocenters. The number of nitrogens with one attached hydrogen (secondary N) is 2. The molecule has 150 valence electrons. The zero-order chi connectivity index (χ0) is 20.1. The highest BCUT2D eigenvalue weighted by Crippen LogP contribution is 2.22. The number of methoxy groups -OCH3 is 1. The van der Waals surface area contributed by atoms with Crippen molar-refractivity contribution < 1.29 is 19.1 Å². The van der Waals surface area contributed by atoms with E-state index in [9.17, 15) is 9.59 Å². The van der Waals surface area contributed by atoms with Gasteiger partial charge < -0.3 is 24.7 Å². The highest BCUT2D eigenvalue weighted by molar-refractivity contribution is 6.06. The lowest BCUT2D eigenvalue weighted by molar-refractivity contribution is 0.0387. The van der Waals surface area contributed by atoms with Crippen molar-refractivity contribution in [1.82, 2.24) is 9.97 Å². The zero-order valence-corrected chi connectivity index (χ0v) is 16.5.